The number of carbonyl (C=O) groups excluding carboxylic acids is 1. The Morgan fingerprint density at radius 2 is 1.83 bits per heavy atom. The molecule has 1 aromatic heterocycles. The summed E-state index contributed by atoms with van der Waals surface area (Å²) >= 11 is 0. The molecule has 0 bridgehead atoms. The van der Waals surface area contributed by atoms with Crippen LogP contribution in [0.25, 0.3) is 10.9 Å². The normalized spacial score (nSPS) is 12.1. The van der Waals surface area contributed by atoms with Crippen LogP contribution in [0.3, 0.4) is 0 Å². The number of nitrogens with one attached hydrogen (secondary N) is 1. The average molecular weight is 322 g/mol. The minimum Gasteiger partial charge on any atom is -0.481 e. The fourth-order valence-corrected chi connectivity index (χ4v) is 2.87. The Labute approximate surface area is 142 Å². The first-order valence-corrected chi connectivity index (χ1v) is 8.25. The molecular formula is C20H22N2O2. The summed E-state index contributed by atoms with van der Waals surface area (Å²) in [7, 11) is 0. The van der Waals surface area contributed by atoms with Gasteiger partial charge in [-0.15, -0.1) is 0 Å². The first-order chi connectivity index (χ1) is 11.7. The molecule has 2 aromatic carbocycles. The second-order valence-electron chi connectivity index (χ2n) is 5.73. The molecule has 0 spiro atoms. The van der Waals surface area contributed by atoms with Crippen molar-refractivity contribution in [2.75, 3.05) is 0 Å². The van der Waals surface area contributed by atoms with E-state index in [4.69, 9.17) is 4.74 Å². The zero-order valence-electron chi connectivity index (χ0n) is 14.0. The Bertz CT molecular complexity index is 824. The van der Waals surface area contributed by atoms with Crippen LogP contribution >= 0.6 is 0 Å². The molecule has 0 aliphatic rings. The van der Waals surface area contributed by atoms with Crippen molar-refractivity contribution in [3.63, 3.8) is 0 Å². The molecular weight excluding hydrogens is 300 g/mol. The lowest BCUT2D eigenvalue weighted by atomic mass is 10.2. The van der Waals surface area contributed by atoms with E-state index in [1.54, 1.807) is 6.92 Å². The second kappa shape index (κ2) is 7.21. The first-order valence-electron chi connectivity index (χ1n) is 8.25. The van der Waals surface area contributed by atoms with Crippen molar-refractivity contribution in [2.45, 2.75) is 33.0 Å². The van der Waals surface area contributed by atoms with Crippen molar-refractivity contribution in [1.29, 1.82) is 0 Å². The summed E-state index contributed by atoms with van der Waals surface area (Å²) in [5.74, 6) is 0.578. The molecule has 1 amide bonds. The molecule has 3 rings (SSSR count). The van der Waals surface area contributed by atoms with Crippen molar-refractivity contribution < 1.29 is 9.53 Å². The van der Waals surface area contributed by atoms with Gasteiger partial charge >= 0.3 is 0 Å². The Balaban J connectivity index is 1.66. The number of hydrogen-bond donors (Lipinski definition) is 1. The van der Waals surface area contributed by atoms with E-state index >= 15 is 0 Å². The van der Waals surface area contributed by atoms with E-state index in [-0.39, 0.29) is 5.91 Å². The molecule has 4 nitrogen and oxygen atoms in total. The third-order valence-corrected chi connectivity index (χ3v) is 4.08. The molecule has 0 saturated carbocycles. The molecule has 1 heterocycles. The molecule has 124 valence electrons. The van der Waals surface area contributed by atoms with Crippen LogP contribution in [0.4, 0.5) is 0 Å². The summed E-state index contributed by atoms with van der Waals surface area (Å²) in [6.45, 7) is 5.23. The quantitative estimate of drug-likeness (QED) is 0.751. The van der Waals surface area contributed by atoms with E-state index in [1.807, 2.05) is 42.5 Å². The molecule has 0 radical (unpaired) electrons. The lowest BCUT2D eigenvalue weighted by Gasteiger charge is -2.15. The number of carbonyl (C=O) groups is 1. The molecule has 4 heteroatoms. The molecule has 1 atom stereocenters. The number of para-hydroxylation sites is 2. The first kappa shape index (κ1) is 16.1. The van der Waals surface area contributed by atoms with Gasteiger partial charge in [0.2, 0.25) is 0 Å². The number of fused-ring (bicyclic) bond motifs is 1. The van der Waals surface area contributed by atoms with Crippen LogP contribution in [0.5, 0.6) is 5.75 Å². The van der Waals surface area contributed by atoms with E-state index in [0.717, 1.165) is 12.2 Å². The van der Waals surface area contributed by atoms with Crippen LogP contribution in [0.15, 0.2) is 60.7 Å². The fraction of sp³-hybridized carbons (Fsp3) is 0.250. The van der Waals surface area contributed by atoms with Gasteiger partial charge in [0, 0.05) is 17.8 Å². The van der Waals surface area contributed by atoms with Crippen LogP contribution in [0.2, 0.25) is 0 Å². The monoisotopic (exact) mass is 322 g/mol. The lowest BCUT2D eigenvalue weighted by Crippen LogP contribution is -2.36. The molecule has 1 N–H and O–H groups in total. The standard InChI is InChI=1S/C20H22N2O2/c1-3-22-17(13-16-9-7-8-12-19(16)22)14-21-20(23)15(2)24-18-10-5-4-6-11-18/h4-13,15H,3,14H2,1-2H3,(H,21,23)/t15-/m1/s1. The number of benzene rings is 2. The average Bonchev–Trinajstić information content (AvgIpc) is 2.98. The third-order valence-electron chi connectivity index (χ3n) is 4.08. The number of aryl methyl sites for hydroxylation is 1. The number of amides is 1. The van der Waals surface area contributed by atoms with E-state index < -0.39 is 6.10 Å². The van der Waals surface area contributed by atoms with E-state index in [9.17, 15) is 4.79 Å². The SMILES string of the molecule is CCn1c(CNC(=O)[C@@H](C)Oc2ccccc2)cc2ccccc21. The van der Waals surface area contributed by atoms with Gasteiger partial charge < -0.3 is 14.6 Å². The van der Waals surface area contributed by atoms with Crippen molar-refractivity contribution in [2.24, 2.45) is 0 Å². The highest BCUT2D eigenvalue weighted by atomic mass is 16.5. The third kappa shape index (κ3) is 3.43. The highest BCUT2D eigenvalue weighted by Gasteiger charge is 2.15. The number of nitrogens with zero attached hydrogens (tertiary/aromatic N) is 1. The molecule has 0 fully saturated rings. The topological polar surface area (TPSA) is 43.3 Å². The van der Waals surface area contributed by atoms with Crippen LogP contribution in [0.1, 0.15) is 19.5 Å². The zero-order valence-corrected chi connectivity index (χ0v) is 14.0. The Hall–Kier alpha value is -2.75. The summed E-state index contributed by atoms with van der Waals surface area (Å²) < 4.78 is 7.88. The molecule has 24 heavy (non-hydrogen) atoms. The van der Waals surface area contributed by atoms with Crippen LogP contribution < -0.4 is 10.1 Å². The number of ether oxygens (including phenoxy) is 1. The molecule has 0 aliphatic heterocycles. The molecule has 3 aromatic rings. The largest absolute Gasteiger partial charge is 0.481 e. The second-order valence-corrected chi connectivity index (χ2v) is 5.73. The maximum absolute atomic E-state index is 12.3. The van der Waals surface area contributed by atoms with Gasteiger partial charge in [0.15, 0.2) is 6.10 Å². The van der Waals surface area contributed by atoms with Gasteiger partial charge in [0.1, 0.15) is 5.75 Å². The predicted octanol–water partition coefficient (Wildman–Crippen LogP) is 3.74. The van der Waals surface area contributed by atoms with Crippen molar-refractivity contribution in [3.05, 3.63) is 66.4 Å². The Kier molecular flexibility index (Phi) is 4.85. The van der Waals surface area contributed by atoms with E-state index in [2.05, 4.69) is 35.0 Å². The fourth-order valence-electron chi connectivity index (χ4n) is 2.87. The number of hydrogen-bond acceptors (Lipinski definition) is 2. The Morgan fingerprint density at radius 3 is 2.58 bits per heavy atom. The highest BCUT2D eigenvalue weighted by Crippen LogP contribution is 2.19. The molecule has 0 aliphatic carbocycles. The predicted molar refractivity (Wildman–Crippen MR) is 96.0 cm³/mol. The van der Waals surface area contributed by atoms with Gasteiger partial charge in [-0.05, 0) is 43.5 Å². The summed E-state index contributed by atoms with van der Waals surface area (Å²) in [5.41, 5.74) is 2.29. The summed E-state index contributed by atoms with van der Waals surface area (Å²) in [4.78, 5) is 12.3. The smallest absolute Gasteiger partial charge is 0.261 e. The molecule has 0 unspecified atom stereocenters. The van der Waals surface area contributed by atoms with Crippen LogP contribution in [-0.2, 0) is 17.9 Å². The van der Waals surface area contributed by atoms with Crippen molar-refractivity contribution in [1.82, 2.24) is 9.88 Å². The van der Waals surface area contributed by atoms with Crippen molar-refractivity contribution >= 4 is 16.8 Å². The van der Waals surface area contributed by atoms with E-state index in [0.29, 0.717) is 12.3 Å². The number of aromatic nitrogens is 1. The van der Waals surface area contributed by atoms with Gasteiger partial charge in [-0.1, -0.05) is 36.4 Å². The minimum absolute atomic E-state index is 0.119. The van der Waals surface area contributed by atoms with Crippen molar-refractivity contribution in [3.8, 4) is 5.75 Å². The van der Waals surface area contributed by atoms with Gasteiger partial charge in [-0.25, -0.2) is 0 Å². The summed E-state index contributed by atoms with van der Waals surface area (Å²) in [6.07, 6.45) is -0.535. The van der Waals surface area contributed by atoms with Gasteiger partial charge in [0.25, 0.3) is 5.91 Å². The maximum atomic E-state index is 12.3. The maximum Gasteiger partial charge on any atom is 0.261 e. The molecule has 0 saturated heterocycles. The van der Waals surface area contributed by atoms with Crippen LogP contribution in [0, 0.1) is 0 Å². The zero-order chi connectivity index (χ0) is 16.9. The van der Waals surface area contributed by atoms with E-state index in [1.165, 1.54) is 10.9 Å². The summed E-state index contributed by atoms with van der Waals surface area (Å²) in [5, 5.41) is 4.16. The summed E-state index contributed by atoms with van der Waals surface area (Å²) in [6, 6.07) is 19.8. The number of rotatable bonds is 6. The lowest BCUT2D eigenvalue weighted by molar-refractivity contribution is -0.127. The van der Waals surface area contributed by atoms with Gasteiger partial charge in [-0.3, -0.25) is 4.79 Å². The van der Waals surface area contributed by atoms with Gasteiger partial charge in [0.05, 0.1) is 6.54 Å². The highest BCUT2D eigenvalue weighted by molar-refractivity contribution is 5.82. The van der Waals surface area contributed by atoms with Crippen LogP contribution in [-0.4, -0.2) is 16.6 Å². The van der Waals surface area contributed by atoms with Gasteiger partial charge in [-0.2, -0.15) is 0 Å². The minimum atomic E-state index is -0.535. The Morgan fingerprint density at radius 1 is 1.12 bits per heavy atom.